The number of amidine groups is 1. The van der Waals surface area contributed by atoms with E-state index in [1.54, 1.807) is 0 Å². The molecule has 0 spiro atoms. The first-order valence-electron chi connectivity index (χ1n) is 20.6. The van der Waals surface area contributed by atoms with Crippen molar-refractivity contribution in [2.45, 2.75) is 42.9 Å². The second kappa shape index (κ2) is 15.4. The van der Waals surface area contributed by atoms with Gasteiger partial charge in [0.1, 0.15) is 11.4 Å². The van der Waals surface area contributed by atoms with Crippen LogP contribution >= 0.6 is 0 Å². The van der Waals surface area contributed by atoms with Crippen molar-refractivity contribution in [3.8, 4) is 11.1 Å². The molecule has 5 unspecified atom stereocenters. The van der Waals surface area contributed by atoms with Gasteiger partial charge in [0, 0.05) is 29.9 Å². The Labute approximate surface area is 340 Å². The van der Waals surface area contributed by atoms with E-state index in [2.05, 4.69) is 176 Å². The maximum absolute atomic E-state index is 6.62. The number of hydrogen-bond acceptors (Lipinski definition) is 3. The molecule has 0 saturated carbocycles. The van der Waals surface area contributed by atoms with E-state index in [-0.39, 0.29) is 17.8 Å². The van der Waals surface area contributed by atoms with Crippen molar-refractivity contribution in [1.82, 2.24) is 4.98 Å². The number of nitrogens with zero attached hydrogens (tertiary/aromatic N) is 3. The SMILES string of the molecule is C=C(N=C(N=Cc1ccc(-c2ccccc2)cc1)C1C=CC=CC1)C1=CC=CC2C1c1ccccc1C2(c1ccccc1)c1ccc2nc(C3CC=CCC3)oc2c1. The van der Waals surface area contributed by atoms with Gasteiger partial charge in [-0.15, -0.1) is 0 Å². The van der Waals surface area contributed by atoms with Crippen molar-refractivity contribution >= 4 is 23.1 Å². The predicted octanol–water partition coefficient (Wildman–Crippen LogP) is 13.0. The maximum atomic E-state index is 6.62. The molecule has 0 aliphatic heterocycles. The number of aromatic nitrogens is 1. The summed E-state index contributed by atoms with van der Waals surface area (Å²) in [4.78, 5) is 15.4. The van der Waals surface area contributed by atoms with Crippen LogP contribution in [-0.2, 0) is 5.41 Å². The van der Waals surface area contributed by atoms with Gasteiger partial charge in [0.05, 0.1) is 11.1 Å². The van der Waals surface area contributed by atoms with Crippen LogP contribution < -0.4 is 0 Å². The maximum Gasteiger partial charge on any atom is 0.198 e. The molecule has 6 aromatic rings. The number of fused-ring (bicyclic) bond motifs is 4. The summed E-state index contributed by atoms with van der Waals surface area (Å²) in [5.74, 6) is 2.03. The molecule has 0 radical (unpaired) electrons. The molecule has 0 amide bonds. The van der Waals surface area contributed by atoms with Gasteiger partial charge in [0.25, 0.3) is 0 Å². The van der Waals surface area contributed by atoms with E-state index in [0.717, 1.165) is 65.3 Å². The Morgan fingerprint density at radius 3 is 2.33 bits per heavy atom. The zero-order valence-electron chi connectivity index (χ0n) is 32.5. The highest BCUT2D eigenvalue weighted by molar-refractivity contribution is 5.98. The van der Waals surface area contributed by atoms with Crippen LogP contribution in [0.4, 0.5) is 0 Å². The zero-order valence-corrected chi connectivity index (χ0v) is 32.5. The second-order valence-electron chi connectivity index (χ2n) is 15.8. The minimum absolute atomic E-state index is 0.0187. The van der Waals surface area contributed by atoms with Gasteiger partial charge in [-0.2, -0.15) is 0 Å². The topological polar surface area (TPSA) is 50.8 Å². The molecule has 5 atom stereocenters. The van der Waals surface area contributed by atoms with Crippen molar-refractivity contribution < 1.29 is 4.42 Å². The van der Waals surface area contributed by atoms with Gasteiger partial charge in [-0.05, 0) is 82.3 Å². The molecule has 282 valence electrons. The van der Waals surface area contributed by atoms with E-state index < -0.39 is 5.41 Å². The minimum atomic E-state index is -0.499. The number of benzene rings is 5. The van der Waals surface area contributed by atoms with Crippen molar-refractivity contribution in [3.63, 3.8) is 0 Å². The van der Waals surface area contributed by atoms with Crippen molar-refractivity contribution in [1.29, 1.82) is 0 Å². The summed E-state index contributed by atoms with van der Waals surface area (Å²) in [5, 5.41) is 0. The predicted molar refractivity (Wildman–Crippen MR) is 238 cm³/mol. The van der Waals surface area contributed by atoms with E-state index in [1.807, 2.05) is 12.3 Å². The molecule has 0 bridgehead atoms. The van der Waals surface area contributed by atoms with E-state index in [4.69, 9.17) is 26.0 Å². The monoisotopic (exact) mass is 751 g/mol. The lowest BCUT2D eigenvalue weighted by Crippen LogP contribution is -2.35. The summed E-state index contributed by atoms with van der Waals surface area (Å²) in [6, 6.07) is 45.7. The van der Waals surface area contributed by atoms with Crippen LogP contribution in [0.15, 0.2) is 214 Å². The second-order valence-corrected chi connectivity index (χ2v) is 15.8. The lowest BCUT2D eigenvalue weighted by atomic mass is 9.62. The first-order chi connectivity index (χ1) is 28.7. The van der Waals surface area contributed by atoms with E-state index in [0.29, 0.717) is 5.92 Å². The summed E-state index contributed by atoms with van der Waals surface area (Å²) in [5.41, 5.74) is 11.5. The Hall–Kier alpha value is -6.65. The van der Waals surface area contributed by atoms with Gasteiger partial charge in [0.15, 0.2) is 11.5 Å². The number of allylic oxidation sites excluding steroid dienone is 9. The minimum Gasteiger partial charge on any atom is -0.440 e. The normalized spacial score (nSPS) is 23.6. The molecule has 4 aliphatic rings. The Kier molecular flexibility index (Phi) is 9.47. The van der Waals surface area contributed by atoms with Gasteiger partial charge in [-0.1, -0.05) is 177 Å². The summed E-state index contributed by atoms with van der Waals surface area (Å²) < 4.78 is 6.62. The largest absolute Gasteiger partial charge is 0.440 e. The lowest BCUT2D eigenvalue weighted by Gasteiger charge is -2.39. The smallest absolute Gasteiger partial charge is 0.198 e. The average molecular weight is 752 g/mol. The van der Waals surface area contributed by atoms with Crippen molar-refractivity contribution in [2.75, 3.05) is 0 Å². The standard InChI is InChI=1S/C54H45N3O/c1-37(56-52(41-19-8-3-9-20-41)55-36-38-29-31-40(32-30-38)39-17-6-2-7-18-39)45-26-16-28-48-51(45)46-25-14-15-27-47(46)54(48,43-23-12-5-13-24-43)44-33-34-49-50(35-44)58-53(57-49)42-21-10-4-11-22-42/h2-10,12-19,23-36,41-42,48,51H,1,11,20-22H2. The Morgan fingerprint density at radius 1 is 0.741 bits per heavy atom. The molecule has 0 fully saturated rings. The van der Waals surface area contributed by atoms with Crippen molar-refractivity contribution in [3.05, 3.63) is 234 Å². The molecule has 10 rings (SSSR count). The fraction of sp³-hybridized carbons (Fsp3) is 0.167. The molecule has 1 aromatic heterocycles. The molecule has 4 heteroatoms. The van der Waals surface area contributed by atoms with Crippen LogP contribution in [0.3, 0.4) is 0 Å². The summed E-state index contributed by atoms with van der Waals surface area (Å²) >= 11 is 0. The number of hydrogen-bond donors (Lipinski definition) is 0. The third-order valence-electron chi connectivity index (χ3n) is 12.5. The average Bonchev–Trinajstić information content (AvgIpc) is 3.87. The van der Waals surface area contributed by atoms with Crippen LogP contribution in [0.2, 0.25) is 0 Å². The highest BCUT2D eigenvalue weighted by atomic mass is 16.3. The Balaban J connectivity index is 1.04. The van der Waals surface area contributed by atoms with Crippen molar-refractivity contribution in [2.24, 2.45) is 21.8 Å². The molecule has 58 heavy (non-hydrogen) atoms. The van der Waals surface area contributed by atoms with E-state index in [1.165, 1.54) is 33.4 Å². The lowest BCUT2D eigenvalue weighted by molar-refractivity contribution is 0.441. The van der Waals surface area contributed by atoms with E-state index >= 15 is 0 Å². The molecule has 1 heterocycles. The molecule has 4 aliphatic carbocycles. The van der Waals surface area contributed by atoms with Gasteiger partial charge < -0.3 is 4.42 Å². The molecule has 4 nitrogen and oxygen atoms in total. The fourth-order valence-corrected chi connectivity index (χ4v) is 9.68. The van der Waals surface area contributed by atoms with Gasteiger partial charge >= 0.3 is 0 Å². The highest BCUT2D eigenvalue weighted by Gasteiger charge is 2.55. The molecular weight excluding hydrogens is 707 g/mol. The summed E-state index contributed by atoms with van der Waals surface area (Å²) in [6.07, 6.45) is 25.8. The van der Waals surface area contributed by atoms with E-state index in [9.17, 15) is 0 Å². The van der Waals surface area contributed by atoms with Crippen LogP contribution in [-0.4, -0.2) is 17.0 Å². The van der Waals surface area contributed by atoms with Gasteiger partial charge in [0.2, 0.25) is 0 Å². The number of rotatable bonds is 8. The van der Waals surface area contributed by atoms with Crippen LogP contribution in [0, 0.1) is 11.8 Å². The third kappa shape index (κ3) is 6.39. The molecule has 5 aromatic carbocycles. The fourth-order valence-electron chi connectivity index (χ4n) is 9.68. The third-order valence-corrected chi connectivity index (χ3v) is 12.5. The molecule has 0 saturated heterocycles. The Bertz CT molecular complexity index is 2710. The van der Waals surface area contributed by atoms with Gasteiger partial charge in [-0.25, -0.2) is 15.0 Å². The van der Waals surface area contributed by atoms with Gasteiger partial charge in [-0.3, -0.25) is 0 Å². The van der Waals surface area contributed by atoms with Crippen LogP contribution in [0.1, 0.15) is 71.2 Å². The first kappa shape index (κ1) is 35.7. The summed E-state index contributed by atoms with van der Waals surface area (Å²) in [6.45, 7) is 4.69. The van der Waals surface area contributed by atoms with Crippen LogP contribution in [0.5, 0.6) is 0 Å². The first-order valence-corrected chi connectivity index (χ1v) is 20.6. The quantitative estimate of drug-likeness (QED) is 0.0883. The molecule has 0 N–H and O–H groups in total. The Morgan fingerprint density at radius 2 is 1.53 bits per heavy atom. The number of aliphatic imine (C=N–C) groups is 2. The van der Waals surface area contributed by atoms with Crippen LogP contribution in [0.25, 0.3) is 22.2 Å². The highest BCUT2D eigenvalue weighted by Crippen LogP contribution is 2.62. The zero-order chi connectivity index (χ0) is 38.9. The summed E-state index contributed by atoms with van der Waals surface area (Å²) in [7, 11) is 0. The number of oxazole rings is 1. The molecular formula is C54H45N3O.